The third-order valence-corrected chi connectivity index (χ3v) is 5.58. The van der Waals surface area contributed by atoms with Crippen LogP contribution in [0.1, 0.15) is 4.88 Å². The highest BCUT2D eigenvalue weighted by Gasteiger charge is 2.09. The van der Waals surface area contributed by atoms with E-state index in [2.05, 4.69) is 29.2 Å². The summed E-state index contributed by atoms with van der Waals surface area (Å²) in [7, 11) is 5.54. The molecule has 21 heavy (non-hydrogen) atoms. The van der Waals surface area contributed by atoms with Gasteiger partial charge in [-0.3, -0.25) is 0 Å². The lowest BCUT2D eigenvalue weighted by molar-refractivity contribution is 0.416. The lowest BCUT2D eigenvalue weighted by Crippen LogP contribution is -2.05. The highest BCUT2D eigenvalue weighted by molar-refractivity contribution is 7.80. The van der Waals surface area contributed by atoms with Crippen LogP contribution in [0.2, 0.25) is 0 Å². The fraction of sp³-hybridized carbons (Fsp3) is 0.200. The molecule has 2 heterocycles. The molecule has 0 unspecified atom stereocenters. The van der Waals surface area contributed by atoms with Crippen molar-refractivity contribution in [3.63, 3.8) is 0 Å². The van der Waals surface area contributed by atoms with E-state index >= 15 is 0 Å². The number of hydrogen-bond donors (Lipinski definition) is 0. The van der Waals surface area contributed by atoms with E-state index in [9.17, 15) is 0 Å². The molecular formula is C15H14N2OS3. The zero-order valence-electron chi connectivity index (χ0n) is 11.9. The Morgan fingerprint density at radius 2 is 1.90 bits per heavy atom. The van der Waals surface area contributed by atoms with Gasteiger partial charge in [-0.05, 0) is 42.6 Å². The van der Waals surface area contributed by atoms with Gasteiger partial charge in [0, 0.05) is 28.7 Å². The van der Waals surface area contributed by atoms with Crippen molar-refractivity contribution in [1.29, 1.82) is 5.26 Å². The molecule has 0 saturated carbocycles. The maximum atomic E-state index is 9.09. The van der Waals surface area contributed by atoms with Crippen molar-refractivity contribution < 1.29 is 4.74 Å². The van der Waals surface area contributed by atoms with Crippen molar-refractivity contribution in [3.8, 4) is 15.8 Å². The first kappa shape index (κ1) is 15.7. The normalized spacial score (nSPS) is 11.0. The number of thiocarbonyl (C=S) groups is 1. The summed E-state index contributed by atoms with van der Waals surface area (Å²) in [5.74, 6) is 0. The van der Waals surface area contributed by atoms with Gasteiger partial charge in [0.15, 0.2) is 0 Å². The topological polar surface area (TPSA) is 36.3 Å². The number of ether oxygens (including phenoxy) is 1. The van der Waals surface area contributed by atoms with Crippen molar-refractivity contribution in [3.05, 3.63) is 34.7 Å². The zero-order chi connectivity index (χ0) is 15.4. The van der Waals surface area contributed by atoms with Crippen LogP contribution in [0.4, 0.5) is 5.00 Å². The van der Waals surface area contributed by atoms with E-state index in [0.29, 0.717) is 5.57 Å². The minimum atomic E-state index is 0.221. The molecule has 0 bridgehead atoms. The molecule has 0 N–H and O–H groups in total. The van der Waals surface area contributed by atoms with Crippen molar-refractivity contribution >= 4 is 51.0 Å². The molecule has 108 valence electrons. The summed E-state index contributed by atoms with van der Waals surface area (Å²) >= 11 is 8.37. The lowest BCUT2D eigenvalue weighted by atomic mass is 10.2. The van der Waals surface area contributed by atoms with Gasteiger partial charge < -0.3 is 9.64 Å². The van der Waals surface area contributed by atoms with E-state index in [1.54, 1.807) is 28.7 Å². The average Bonchev–Trinajstić information content (AvgIpc) is 3.12. The Labute approximate surface area is 137 Å². The van der Waals surface area contributed by atoms with E-state index < -0.39 is 0 Å². The summed E-state index contributed by atoms with van der Waals surface area (Å²) in [5, 5.41) is 10.5. The van der Waals surface area contributed by atoms with E-state index in [-0.39, 0.29) is 5.05 Å². The molecule has 2 aromatic rings. The largest absolute Gasteiger partial charge is 0.486 e. The van der Waals surface area contributed by atoms with E-state index in [4.69, 9.17) is 22.2 Å². The van der Waals surface area contributed by atoms with Crippen LogP contribution in [0, 0.1) is 11.3 Å². The summed E-state index contributed by atoms with van der Waals surface area (Å²) in [6.45, 7) is 0. The van der Waals surface area contributed by atoms with E-state index in [1.807, 2.05) is 20.2 Å². The van der Waals surface area contributed by atoms with Gasteiger partial charge in [0.1, 0.15) is 11.6 Å². The number of thiophene rings is 2. The van der Waals surface area contributed by atoms with Gasteiger partial charge in [-0.2, -0.15) is 5.26 Å². The summed E-state index contributed by atoms with van der Waals surface area (Å²) in [4.78, 5) is 5.48. The van der Waals surface area contributed by atoms with E-state index in [0.717, 1.165) is 4.88 Å². The van der Waals surface area contributed by atoms with Crippen LogP contribution in [-0.4, -0.2) is 26.3 Å². The van der Waals surface area contributed by atoms with Gasteiger partial charge in [-0.15, -0.1) is 22.7 Å². The number of hydrogen-bond acceptors (Lipinski definition) is 6. The zero-order valence-corrected chi connectivity index (χ0v) is 14.4. The smallest absolute Gasteiger partial charge is 0.201 e. The van der Waals surface area contributed by atoms with Crippen LogP contribution in [0.3, 0.4) is 0 Å². The van der Waals surface area contributed by atoms with Crippen molar-refractivity contribution in [2.45, 2.75) is 0 Å². The Morgan fingerprint density at radius 1 is 1.24 bits per heavy atom. The number of anilines is 1. The number of rotatable bonds is 4. The molecule has 0 radical (unpaired) electrons. The number of nitrogens with zero attached hydrogens (tertiary/aromatic N) is 2. The third kappa shape index (κ3) is 3.70. The van der Waals surface area contributed by atoms with Gasteiger partial charge in [0.2, 0.25) is 5.05 Å². The molecule has 0 saturated heterocycles. The van der Waals surface area contributed by atoms with Gasteiger partial charge in [0.05, 0.1) is 12.1 Å². The molecular weight excluding hydrogens is 320 g/mol. The quantitative estimate of drug-likeness (QED) is 0.471. The van der Waals surface area contributed by atoms with Gasteiger partial charge >= 0.3 is 0 Å². The summed E-state index contributed by atoms with van der Waals surface area (Å²) < 4.78 is 4.94. The molecule has 0 aromatic carbocycles. The minimum absolute atomic E-state index is 0.221. The van der Waals surface area contributed by atoms with Gasteiger partial charge in [-0.25, -0.2) is 0 Å². The van der Waals surface area contributed by atoms with Crippen molar-refractivity contribution in [2.75, 3.05) is 26.1 Å². The molecule has 0 amide bonds. The summed E-state index contributed by atoms with van der Waals surface area (Å²) in [6, 6.07) is 10.3. The third-order valence-electron chi connectivity index (χ3n) is 2.71. The Balaban J connectivity index is 2.27. The Hall–Kier alpha value is -1.68. The molecule has 6 heteroatoms. The monoisotopic (exact) mass is 334 g/mol. The number of nitriles is 1. The molecule has 0 aliphatic heterocycles. The first-order valence-electron chi connectivity index (χ1n) is 6.12. The highest BCUT2D eigenvalue weighted by atomic mass is 32.1. The standard InChI is InChI=1S/C15H14N2OS3/c1-17(2)14-7-6-13(21-14)12-5-4-11(20-12)8-10(9-16)15(19)18-3/h4-8H,1-3H3/b10-8+. The maximum Gasteiger partial charge on any atom is 0.201 e. The highest BCUT2D eigenvalue weighted by Crippen LogP contribution is 2.37. The van der Waals surface area contributed by atoms with Gasteiger partial charge in [-0.1, -0.05) is 0 Å². The second-order valence-corrected chi connectivity index (χ2v) is 6.94. The number of methoxy groups -OCH3 is 1. The SMILES string of the molecule is COC(=S)/C(C#N)=C/c1ccc(-c2ccc(N(C)C)s2)s1. The predicted octanol–water partition coefficient (Wildman–Crippen LogP) is 4.42. The second kappa shape index (κ2) is 6.85. The molecule has 0 fully saturated rings. The summed E-state index contributed by atoms with van der Waals surface area (Å²) in [6.07, 6.45) is 1.76. The van der Waals surface area contributed by atoms with Crippen LogP contribution in [-0.2, 0) is 4.74 Å². The minimum Gasteiger partial charge on any atom is -0.486 e. The fourth-order valence-corrected chi connectivity index (χ4v) is 3.73. The predicted molar refractivity (Wildman–Crippen MR) is 95.2 cm³/mol. The van der Waals surface area contributed by atoms with Crippen LogP contribution < -0.4 is 4.90 Å². The lowest BCUT2D eigenvalue weighted by Gasteiger charge is -2.06. The first-order valence-corrected chi connectivity index (χ1v) is 8.16. The van der Waals surface area contributed by atoms with Crippen molar-refractivity contribution in [1.82, 2.24) is 0 Å². The fourth-order valence-electron chi connectivity index (χ4n) is 1.65. The molecule has 3 nitrogen and oxygen atoms in total. The van der Waals surface area contributed by atoms with E-state index in [1.165, 1.54) is 21.9 Å². The van der Waals surface area contributed by atoms with Crippen LogP contribution in [0.25, 0.3) is 15.8 Å². The molecule has 0 atom stereocenters. The molecule has 0 aliphatic carbocycles. The summed E-state index contributed by atoms with van der Waals surface area (Å²) in [5.41, 5.74) is 0.376. The average molecular weight is 334 g/mol. The molecule has 0 aliphatic rings. The molecule has 0 spiro atoms. The molecule has 2 rings (SSSR count). The Morgan fingerprint density at radius 3 is 2.48 bits per heavy atom. The Bertz CT molecular complexity index is 719. The van der Waals surface area contributed by atoms with Crippen molar-refractivity contribution in [2.24, 2.45) is 0 Å². The Kier molecular flexibility index (Phi) is 5.12. The van der Waals surface area contributed by atoms with Crippen LogP contribution in [0.5, 0.6) is 0 Å². The van der Waals surface area contributed by atoms with Crippen LogP contribution in [0.15, 0.2) is 29.8 Å². The van der Waals surface area contributed by atoms with Gasteiger partial charge in [0.25, 0.3) is 0 Å². The maximum absolute atomic E-state index is 9.09. The molecule has 2 aromatic heterocycles. The van der Waals surface area contributed by atoms with Crippen LogP contribution >= 0.6 is 34.9 Å². The second-order valence-electron chi connectivity index (χ2n) is 4.40. The first-order chi connectivity index (χ1) is 10.0.